The van der Waals surface area contributed by atoms with Gasteiger partial charge in [0.2, 0.25) is 21.5 Å². The van der Waals surface area contributed by atoms with Gasteiger partial charge < -0.3 is 4.90 Å². The van der Waals surface area contributed by atoms with Crippen molar-refractivity contribution in [1.29, 1.82) is 0 Å². The summed E-state index contributed by atoms with van der Waals surface area (Å²) in [5, 5.41) is 9.49. The van der Waals surface area contributed by atoms with Crippen molar-refractivity contribution in [1.82, 2.24) is 29.5 Å². The molecule has 0 unspecified atom stereocenters. The maximum atomic E-state index is 5.91. The minimum absolute atomic E-state index is 0.153. The molecule has 7 nitrogen and oxygen atoms in total. The maximum Gasteiger partial charge on any atom is 0.230 e. The molecule has 0 aliphatic rings. The summed E-state index contributed by atoms with van der Waals surface area (Å²) in [6.07, 6.45) is 1.88. The summed E-state index contributed by atoms with van der Waals surface area (Å²) in [4.78, 5) is 14.2. The Balaban J connectivity index is 1.98. The molecule has 0 N–H and O–H groups in total. The van der Waals surface area contributed by atoms with E-state index in [2.05, 4.69) is 25.1 Å². The van der Waals surface area contributed by atoms with Crippen LogP contribution in [0.4, 0.5) is 5.95 Å². The molecule has 0 aromatic carbocycles. The Morgan fingerprint density at radius 3 is 2.80 bits per heavy atom. The fourth-order valence-corrected chi connectivity index (χ4v) is 2.50. The van der Waals surface area contributed by atoms with Gasteiger partial charge in [-0.05, 0) is 35.5 Å². The van der Waals surface area contributed by atoms with E-state index in [1.54, 1.807) is 4.90 Å². The van der Waals surface area contributed by atoms with Crippen LogP contribution in [0, 0.1) is 0 Å². The smallest absolute Gasteiger partial charge is 0.230 e. The largest absolute Gasteiger partial charge is 0.347 e. The lowest BCUT2D eigenvalue weighted by Gasteiger charge is -2.10. The van der Waals surface area contributed by atoms with E-state index in [4.69, 9.17) is 11.6 Å². The van der Waals surface area contributed by atoms with Gasteiger partial charge in [-0.2, -0.15) is 15.0 Å². The number of hydrogen-bond donors (Lipinski definition) is 0. The van der Waals surface area contributed by atoms with E-state index in [1.165, 1.54) is 11.8 Å². The SMILES string of the molecule is CN(C)c1nc(Cl)nc(Sc2nnc3ccccn23)n1. The number of halogens is 1. The van der Waals surface area contributed by atoms with Gasteiger partial charge in [-0.25, -0.2) is 0 Å². The first-order valence-corrected chi connectivity index (χ1v) is 6.89. The van der Waals surface area contributed by atoms with Crippen LogP contribution in [0.15, 0.2) is 34.7 Å². The van der Waals surface area contributed by atoms with Gasteiger partial charge >= 0.3 is 0 Å². The third-order valence-corrected chi connectivity index (χ3v) is 3.44. The molecule has 0 bridgehead atoms. The van der Waals surface area contributed by atoms with Crippen molar-refractivity contribution in [3.63, 3.8) is 0 Å². The second kappa shape index (κ2) is 5.22. The molecule has 102 valence electrons. The van der Waals surface area contributed by atoms with Gasteiger partial charge in [-0.1, -0.05) is 6.07 Å². The summed E-state index contributed by atoms with van der Waals surface area (Å²) >= 11 is 7.19. The summed E-state index contributed by atoms with van der Waals surface area (Å²) in [6, 6.07) is 5.69. The van der Waals surface area contributed by atoms with Crippen LogP contribution >= 0.6 is 23.4 Å². The van der Waals surface area contributed by atoms with Crippen molar-refractivity contribution in [3.8, 4) is 0 Å². The molecule has 9 heteroatoms. The number of hydrogen-bond acceptors (Lipinski definition) is 7. The number of aromatic nitrogens is 6. The average molecular weight is 308 g/mol. The molecule has 0 aliphatic heterocycles. The molecule has 20 heavy (non-hydrogen) atoms. The first kappa shape index (κ1) is 13.1. The van der Waals surface area contributed by atoms with Crippen LogP contribution in [0.2, 0.25) is 5.28 Å². The zero-order valence-electron chi connectivity index (χ0n) is 10.7. The molecular formula is C11H10ClN7S. The number of rotatable bonds is 3. The molecule has 0 aliphatic carbocycles. The van der Waals surface area contributed by atoms with Gasteiger partial charge in [0.25, 0.3) is 0 Å². The van der Waals surface area contributed by atoms with E-state index in [0.29, 0.717) is 16.3 Å². The predicted molar refractivity (Wildman–Crippen MR) is 76.3 cm³/mol. The molecule has 0 amide bonds. The van der Waals surface area contributed by atoms with Gasteiger partial charge in [-0.3, -0.25) is 4.40 Å². The van der Waals surface area contributed by atoms with Crippen molar-refractivity contribution in [2.45, 2.75) is 10.3 Å². The first-order valence-electron chi connectivity index (χ1n) is 5.70. The summed E-state index contributed by atoms with van der Waals surface area (Å²) in [5.74, 6) is 0.501. The van der Waals surface area contributed by atoms with Crippen LogP contribution in [0.1, 0.15) is 0 Å². The van der Waals surface area contributed by atoms with E-state index in [9.17, 15) is 0 Å². The normalized spacial score (nSPS) is 10.9. The zero-order chi connectivity index (χ0) is 14.1. The van der Waals surface area contributed by atoms with Crippen molar-refractivity contribution in [2.24, 2.45) is 0 Å². The maximum absolute atomic E-state index is 5.91. The Bertz CT molecular complexity index is 757. The quantitative estimate of drug-likeness (QED) is 0.730. The highest BCUT2D eigenvalue weighted by atomic mass is 35.5. The first-order chi connectivity index (χ1) is 9.63. The van der Waals surface area contributed by atoms with Crippen molar-refractivity contribution >= 4 is 35.0 Å². The standard InChI is InChI=1S/C11H10ClN7S/c1-18(2)9-13-8(12)14-10(15-9)20-11-17-16-7-5-3-4-6-19(7)11/h3-6H,1-2H3. The van der Waals surface area contributed by atoms with Crippen molar-refractivity contribution in [2.75, 3.05) is 19.0 Å². The van der Waals surface area contributed by atoms with Crippen LogP contribution in [0.3, 0.4) is 0 Å². The lowest BCUT2D eigenvalue weighted by Crippen LogP contribution is -2.13. The molecule has 3 aromatic rings. The molecular weight excluding hydrogens is 298 g/mol. The molecule has 0 fully saturated rings. The molecule has 0 atom stereocenters. The van der Waals surface area contributed by atoms with Crippen LogP contribution in [-0.2, 0) is 0 Å². The van der Waals surface area contributed by atoms with Gasteiger partial charge in [0.1, 0.15) is 0 Å². The van der Waals surface area contributed by atoms with Gasteiger partial charge in [0.15, 0.2) is 5.65 Å². The average Bonchev–Trinajstić information content (AvgIpc) is 2.82. The van der Waals surface area contributed by atoms with Crippen LogP contribution < -0.4 is 4.90 Å². The van der Waals surface area contributed by atoms with Gasteiger partial charge in [-0.15, -0.1) is 10.2 Å². The molecule has 3 rings (SSSR count). The summed E-state index contributed by atoms with van der Waals surface area (Å²) in [7, 11) is 3.68. The Kier molecular flexibility index (Phi) is 3.41. The lowest BCUT2D eigenvalue weighted by atomic mass is 10.5. The number of nitrogens with zero attached hydrogens (tertiary/aromatic N) is 7. The number of anilines is 1. The summed E-state index contributed by atoms with van der Waals surface area (Å²) in [6.45, 7) is 0. The Hall–Kier alpha value is -1.93. The van der Waals surface area contributed by atoms with Crippen LogP contribution in [0.25, 0.3) is 5.65 Å². The van der Waals surface area contributed by atoms with Crippen LogP contribution in [0.5, 0.6) is 0 Å². The number of pyridine rings is 1. The third kappa shape index (κ3) is 2.52. The van der Waals surface area contributed by atoms with E-state index in [0.717, 1.165) is 5.65 Å². The predicted octanol–water partition coefficient (Wildman–Crippen LogP) is 1.78. The minimum atomic E-state index is 0.153. The Labute approximate surface area is 124 Å². The minimum Gasteiger partial charge on any atom is -0.347 e. The molecule has 0 saturated heterocycles. The second-order valence-electron chi connectivity index (χ2n) is 4.09. The fourth-order valence-electron chi connectivity index (χ4n) is 1.54. The molecule has 0 spiro atoms. The van der Waals surface area contributed by atoms with E-state index < -0.39 is 0 Å². The lowest BCUT2D eigenvalue weighted by molar-refractivity contribution is 0.852. The summed E-state index contributed by atoms with van der Waals surface area (Å²) < 4.78 is 1.86. The third-order valence-electron chi connectivity index (χ3n) is 2.44. The Morgan fingerprint density at radius 2 is 2.00 bits per heavy atom. The molecule has 3 aromatic heterocycles. The Morgan fingerprint density at radius 1 is 1.15 bits per heavy atom. The molecule has 0 saturated carbocycles. The molecule has 0 radical (unpaired) electrons. The van der Waals surface area contributed by atoms with E-state index >= 15 is 0 Å². The number of fused-ring (bicyclic) bond motifs is 1. The fraction of sp³-hybridized carbons (Fsp3) is 0.182. The highest BCUT2D eigenvalue weighted by Crippen LogP contribution is 2.25. The van der Waals surface area contributed by atoms with E-state index in [1.807, 2.05) is 42.9 Å². The van der Waals surface area contributed by atoms with Crippen LogP contribution in [-0.4, -0.2) is 43.6 Å². The van der Waals surface area contributed by atoms with Gasteiger partial charge in [0.05, 0.1) is 0 Å². The highest BCUT2D eigenvalue weighted by molar-refractivity contribution is 7.99. The highest BCUT2D eigenvalue weighted by Gasteiger charge is 2.12. The van der Waals surface area contributed by atoms with Crippen molar-refractivity contribution in [3.05, 3.63) is 29.7 Å². The summed E-state index contributed by atoms with van der Waals surface area (Å²) in [5.41, 5.74) is 0.767. The second-order valence-corrected chi connectivity index (χ2v) is 5.37. The zero-order valence-corrected chi connectivity index (χ0v) is 12.3. The van der Waals surface area contributed by atoms with Crippen molar-refractivity contribution < 1.29 is 0 Å². The molecule has 3 heterocycles. The topological polar surface area (TPSA) is 72.1 Å². The van der Waals surface area contributed by atoms with E-state index in [-0.39, 0.29) is 5.28 Å². The van der Waals surface area contributed by atoms with Gasteiger partial charge in [0, 0.05) is 20.3 Å². The monoisotopic (exact) mass is 307 g/mol.